The van der Waals surface area contributed by atoms with E-state index in [1.54, 1.807) is 55.7 Å². The van der Waals surface area contributed by atoms with Crippen LogP contribution in [0.5, 0.6) is 11.5 Å². The first-order chi connectivity index (χ1) is 13.6. The number of halogens is 1. The van der Waals surface area contributed by atoms with Gasteiger partial charge in [0, 0.05) is 17.3 Å². The third-order valence-electron chi connectivity index (χ3n) is 4.13. The standard InChI is InChI=1S/C21H21ClN2O4/c1-26-19-10-5-15(12-20(19)27-2)13-24(14-18-4-3-11-28-18)21(25)23-17-8-6-16(22)7-9-17/h3-12H,13-14H2,1-2H3,(H,23,25). The van der Waals surface area contributed by atoms with E-state index in [4.69, 9.17) is 25.5 Å². The number of methoxy groups -OCH3 is 2. The van der Waals surface area contributed by atoms with E-state index < -0.39 is 0 Å². The predicted octanol–water partition coefficient (Wildman–Crippen LogP) is 5.18. The van der Waals surface area contributed by atoms with Gasteiger partial charge in [-0.2, -0.15) is 0 Å². The van der Waals surface area contributed by atoms with Crippen molar-refractivity contribution in [2.75, 3.05) is 19.5 Å². The van der Waals surface area contributed by atoms with Gasteiger partial charge in [0.2, 0.25) is 0 Å². The maximum Gasteiger partial charge on any atom is 0.322 e. The van der Waals surface area contributed by atoms with E-state index in [0.717, 1.165) is 5.56 Å². The van der Waals surface area contributed by atoms with E-state index >= 15 is 0 Å². The number of carbonyl (C=O) groups excluding carboxylic acids is 1. The van der Waals surface area contributed by atoms with E-state index in [-0.39, 0.29) is 6.03 Å². The van der Waals surface area contributed by atoms with Crippen LogP contribution in [0.25, 0.3) is 0 Å². The molecule has 3 rings (SSSR count). The summed E-state index contributed by atoms with van der Waals surface area (Å²) in [5.41, 5.74) is 1.56. The zero-order chi connectivity index (χ0) is 19.9. The Kier molecular flexibility index (Phi) is 6.45. The molecule has 6 nitrogen and oxygen atoms in total. The first-order valence-electron chi connectivity index (χ1n) is 8.64. The maximum absolute atomic E-state index is 12.9. The Balaban J connectivity index is 1.80. The lowest BCUT2D eigenvalue weighted by atomic mass is 10.2. The molecule has 0 fully saturated rings. The van der Waals surface area contributed by atoms with Crippen molar-refractivity contribution in [1.82, 2.24) is 4.90 Å². The molecule has 2 amide bonds. The molecule has 0 aliphatic carbocycles. The molecule has 3 aromatic rings. The Hall–Kier alpha value is -3.12. The second-order valence-corrected chi connectivity index (χ2v) is 6.50. The Morgan fingerprint density at radius 3 is 2.43 bits per heavy atom. The summed E-state index contributed by atoms with van der Waals surface area (Å²) in [6, 6.07) is 15.9. The normalized spacial score (nSPS) is 10.4. The van der Waals surface area contributed by atoms with Crippen molar-refractivity contribution in [2.24, 2.45) is 0 Å². The van der Waals surface area contributed by atoms with E-state index in [2.05, 4.69) is 5.32 Å². The monoisotopic (exact) mass is 400 g/mol. The van der Waals surface area contributed by atoms with Crippen molar-refractivity contribution in [3.63, 3.8) is 0 Å². The zero-order valence-electron chi connectivity index (χ0n) is 15.6. The molecular formula is C21H21ClN2O4. The summed E-state index contributed by atoms with van der Waals surface area (Å²) in [7, 11) is 3.16. The van der Waals surface area contributed by atoms with Crippen LogP contribution < -0.4 is 14.8 Å². The average Bonchev–Trinajstić information content (AvgIpc) is 3.22. The smallest absolute Gasteiger partial charge is 0.322 e. The Labute approximate surface area is 168 Å². The van der Waals surface area contributed by atoms with Crippen LogP contribution in [0, 0.1) is 0 Å². The third kappa shape index (κ3) is 4.98. The number of urea groups is 1. The zero-order valence-corrected chi connectivity index (χ0v) is 16.4. The molecule has 28 heavy (non-hydrogen) atoms. The third-order valence-corrected chi connectivity index (χ3v) is 4.38. The minimum Gasteiger partial charge on any atom is -0.493 e. The van der Waals surface area contributed by atoms with Crippen LogP contribution in [-0.2, 0) is 13.1 Å². The van der Waals surface area contributed by atoms with Gasteiger partial charge in [0.25, 0.3) is 0 Å². The lowest BCUT2D eigenvalue weighted by Gasteiger charge is -2.23. The van der Waals surface area contributed by atoms with Gasteiger partial charge in [-0.3, -0.25) is 0 Å². The van der Waals surface area contributed by atoms with Crippen molar-refractivity contribution in [2.45, 2.75) is 13.1 Å². The molecule has 0 unspecified atom stereocenters. The second-order valence-electron chi connectivity index (χ2n) is 6.06. The van der Waals surface area contributed by atoms with Gasteiger partial charge in [0.05, 0.1) is 27.0 Å². The quantitative estimate of drug-likeness (QED) is 0.593. The molecule has 1 N–H and O–H groups in total. The van der Waals surface area contributed by atoms with Crippen LogP contribution in [0.2, 0.25) is 5.02 Å². The van der Waals surface area contributed by atoms with E-state index in [0.29, 0.717) is 41.1 Å². The molecule has 2 aromatic carbocycles. The van der Waals surface area contributed by atoms with Crippen LogP contribution in [0.1, 0.15) is 11.3 Å². The molecule has 0 aliphatic rings. The van der Waals surface area contributed by atoms with E-state index in [1.807, 2.05) is 24.3 Å². The molecular weight excluding hydrogens is 380 g/mol. The van der Waals surface area contributed by atoms with Gasteiger partial charge in [-0.05, 0) is 54.1 Å². The number of nitrogens with zero attached hydrogens (tertiary/aromatic N) is 1. The van der Waals surface area contributed by atoms with Crippen LogP contribution in [0.3, 0.4) is 0 Å². The number of furan rings is 1. The molecule has 1 heterocycles. The number of hydrogen-bond donors (Lipinski definition) is 1. The molecule has 0 atom stereocenters. The molecule has 0 saturated carbocycles. The first-order valence-corrected chi connectivity index (χ1v) is 9.01. The summed E-state index contributed by atoms with van der Waals surface area (Å²) in [6.07, 6.45) is 1.58. The van der Waals surface area contributed by atoms with Gasteiger partial charge in [-0.25, -0.2) is 4.79 Å². The Morgan fingerprint density at radius 1 is 1.04 bits per heavy atom. The van der Waals surface area contributed by atoms with Gasteiger partial charge in [0.15, 0.2) is 11.5 Å². The fourth-order valence-corrected chi connectivity index (χ4v) is 2.85. The van der Waals surface area contributed by atoms with Crippen molar-refractivity contribution in [3.05, 3.63) is 77.2 Å². The van der Waals surface area contributed by atoms with Gasteiger partial charge in [0.1, 0.15) is 5.76 Å². The molecule has 0 saturated heterocycles. The van der Waals surface area contributed by atoms with Crippen molar-refractivity contribution >= 4 is 23.3 Å². The van der Waals surface area contributed by atoms with Crippen molar-refractivity contribution < 1.29 is 18.7 Å². The topological polar surface area (TPSA) is 63.9 Å². The highest BCUT2D eigenvalue weighted by Crippen LogP contribution is 2.28. The van der Waals surface area contributed by atoms with Gasteiger partial charge in [-0.15, -0.1) is 0 Å². The fourth-order valence-electron chi connectivity index (χ4n) is 2.73. The molecule has 1 aromatic heterocycles. The average molecular weight is 401 g/mol. The molecule has 0 aliphatic heterocycles. The number of benzene rings is 2. The number of amides is 2. The lowest BCUT2D eigenvalue weighted by molar-refractivity contribution is 0.201. The summed E-state index contributed by atoms with van der Waals surface area (Å²) < 4.78 is 16.0. The number of ether oxygens (including phenoxy) is 2. The van der Waals surface area contributed by atoms with Crippen LogP contribution >= 0.6 is 11.6 Å². The highest BCUT2D eigenvalue weighted by Gasteiger charge is 2.17. The second kappa shape index (κ2) is 9.19. The SMILES string of the molecule is COc1ccc(CN(Cc2ccco2)C(=O)Nc2ccc(Cl)cc2)cc1OC. The molecule has 7 heteroatoms. The van der Waals surface area contributed by atoms with E-state index in [1.165, 1.54) is 0 Å². The Bertz CT molecular complexity index is 911. The number of anilines is 1. The summed E-state index contributed by atoms with van der Waals surface area (Å²) in [5, 5.41) is 3.49. The summed E-state index contributed by atoms with van der Waals surface area (Å²) >= 11 is 5.91. The summed E-state index contributed by atoms with van der Waals surface area (Å²) in [5.74, 6) is 1.93. The van der Waals surface area contributed by atoms with Crippen LogP contribution in [0.15, 0.2) is 65.3 Å². The molecule has 146 valence electrons. The highest BCUT2D eigenvalue weighted by molar-refractivity contribution is 6.30. The first kappa shape index (κ1) is 19.6. The molecule has 0 radical (unpaired) electrons. The molecule has 0 bridgehead atoms. The van der Waals surface area contributed by atoms with Crippen molar-refractivity contribution in [3.8, 4) is 11.5 Å². The lowest BCUT2D eigenvalue weighted by Crippen LogP contribution is -2.34. The highest BCUT2D eigenvalue weighted by atomic mass is 35.5. The minimum atomic E-state index is -0.256. The number of hydrogen-bond acceptors (Lipinski definition) is 4. The van der Waals surface area contributed by atoms with E-state index in [9.17, 15) is 4.79 Å². The summed E-state index contributed by atoms with van der Waals surface area (Å²) in [4.78, 5) is 14.5. The predicted molar refractivity (Wildman–Crippen MR) is 108 cm³/mol. The fraction of sp³-hybridized carbons (Fsp3) is 0.190. The molecule has 0 spiro atoms. The van der Waals surface area contributed by atoms with Gasteiger partial charge in [-0.1, -0.05) is 17.7 Å². The van der Waals surface area contributed by atoms with Crippen molar-refractivity contribution in [1.29, 1.82) is 0 Å². The number of nitrogens with one attached hydrogen (secondary N) is 1. The maximum atomic E-state index is 12.9. The number of rotatable bonds is 7. The Morgan fingerprint density at radius 2 is 1.79 bits per heavy atom. The number of carbonyl (C=O) groups is 1. The van der Waals surface area contributed by atoms with Gasteiger partial charge >= 0.3 is 6.03 Å². The largest absolute Gasteiger partial charge is 0.493 e. The van der Waals surface area contributed by atoms with Crippen LogP contribution in [0.4, 0.5) is 10.5 Å². The summed E-state index contributed by atoms with van der Waals surface area (Å²) in [6.45, 7) is 0.682. The van der Waals surface area contributed by atoms with Gasteiger partial charge < -0.3 is 24.1 Å². The van der Waals surface area contributed by atoms with Crippen LogP contribution in [-0.4, -0.2) is 25.2 Å². The minimum absolute atomic E-state index is 0.256.